The smallest absolute Gasteiger partial charge is 0.326 e. The molecule has 1 unspecified atom stereocenters. The molecule has 0 aliphatic carbocycles. The van der Waals surface area contributed by atoms with Crippen molar-refractivity contribution < 1.29 is 23.1 Å². The first kappa shape index (κ1) is 15.3. The van der Waals surface area contributed by atoms with Crippen LogP contribution in [0.2, 0.25) is 0 Å². The number of hydrogen-bond acceptors (Lipinski definition) is 5. The molecule has 0 radical (unpaired) electrons. The molecule has 0 rings (SSSR count). The summed E-state index contributed by atoms with van der Waals surface area (Å²) in [5.74, 6) is -0.846. The Kier molecular flexibility index (Phi) is 5.33. The van der Waals surface area contributed by atoms with Crippen molar-refractivity contribution in [2.24, 2.45) is 0 Å². The molecule has 0 saturated heterocycles. The molecule has 1 atom stereocenters. The zero-order valence-corrected chi connectivity index (χ0v) is 10.6. The van der Waals surface area contributed by atoms with E-state index in [2.05, 4.69) is 9.46 Å². The van der Waals surface area contributed by atoms with E-state index in [0.29, 0.717) is 0 Å². The highest BCUT2D eigenvalue weighted by Crippen LogP contribution is 2.01. The molecular weight excluding hydrogens is 236 g/mol. The van der Waals surface area contributed by atoms with Gasteiger partial charge in [-0.3, -0.25) is 4.79 Å². The van der Waals surface area contributed by atoms with Crippen molar-refractivity contribution in [1.82, 2.24) is 9.44 Å². The van der Waals surface area contributed by atoms with Crippen LogP contribution in [0.3, 0.4) is 0 Å². The van der Waals surface area contributed by atoms with Gasteiger partial charge in [0, 0.05) is 5.54 Å². The lowest BCUT2D eigenvalue weighted by Crippen LogP contribution is -2.53. The average Bonchev–Trinajstić information content (AvgIpc) is 2.09. The molecule has 7 nitrogen and oxygen atoms in total. The summed E-state index contributed by atoms with van der Waals surface area (Å²) in [6, 6.07) is -1.30. The molecule has 0 fully saturated rings. The van der Waals surface area contributed by atoms with E-state index in [1.807, 2.05) is 4.72 Å². The molecule has 3 N–H and O–H groups in total. The van der Waals surface area contributed by atoms with Gasteiger partial charge in [-0.1, -0.05) is 0 Å². The summed E-state index contributed by atoms with van der Waals surface area (Å²) in [6.07, 6.45) is 0. The van der Waals surface area contributed by atoms with E-state index in [9.17, 15) is 13.2 Å². The summed E-state index contributed by atoms with van der Waals surface area (Å²) in [7, 11) is -2.76. The van der Waals surface area contributed by atoms with Crippen LogP contribution in [0.25, 0.3) is 0 Å². The van der Waals surface area contributed by atoms with Gasteiger partial charge >= 0.3 is 5.97 Å². The van der Waals surface area contributed by atoms with Crippen LogP contribution in [0.5, 0.6) is 0 Å². The fraction of sp³-hybridized carbons (Fsp3) is 0.875. The van der Waals surface area contributed by atoms with E-state index in [4.69, 9.17) is 5.11 Å². The number of nitrogens with one attached hydrogen (secondary N) is 2. The summed E-state index contributed by atoms with van der Waals surface area (Å²) in [5, 5.41) is 8.83. The summed E-state index contributed by atoms with van der Waals surface area (Å²) in [6.45, 7) is 4.28. The molecule has 0 bridgehead atoms. The fourth-order valence-corrected chi connectivity index (χ4v) is 2.33. The van der Waals surface area contributed by atoms with Crippen molar-refractivity contribution in [1.29, 1.82) is 0 Å². The first-order valence-electron chi connectivity index (χ1n) is 4.61. The second-order valence-electron chi connectivity index (χ2n) is 4.23. The van der Waals surface area contributed by atoms with Crippen molar-refractivity contribution in [3.05, 3.63) is 0 Å². The molecule has 0 aromatic carbocycles. The van der Waals surface area contributed by atoms with Gasteiger partial charge in [-0.05, 0) is 20.8 Å². The molecule has 16 heavy (non-hydrogen) atoms. The summed E-state index contributed by atoms with van der Waals surface area (Å²) >= 11 is 0. The van der Waals surface area contributed by atoms with Gasteiger partial charge in [-0.15, -0.1) is 0 Å². The number of aliphatic hydroxyl groups is 1. The number of aliphatic hydroxyl groups excluding tert-OH is 1. The van der Waals surface area contributed by atoms with Crippen LogP contribution >= 0.6 is 0 Å². The highest BCUT2D eigenvalue weighted by Gasteiger charge is 2.27. The van der Waals surface area contributed by atoms with Crippen molar-refractivity contribution in [3.63, 3.8) is 0 Å². The number of hydrogen-bond donors (Lipinski definition) is 3. The first-order valence-corrected chi connectivity index (χ1v) is 6.09. The largest absolute Gasteiger partial charge is 0.468 e. The Morgan fingerprint density at radius 1 is 1.44 bits per heavy atom. The van der Waals surface area contributed by atoms with Gasteiger partial charge in [-0.2, -0.15) is 17.9 Å². The topological polar surface area (TPSA) is 105 Å². The minimum Gasteiger partial charge on any atom is -0.468 e. The maximum atomic E-state index is 11.5. The maximum Gasteiger partial charge on any atom is 0.326 e. The van der Waals surface area contributed by atoms with Gasteiger partial charge in [0.15, 0.2) is 0 Å². The lowest BCUT2D eigenvalue weighted by Gasteiger charge is -2.22. The van der Waals surface area contributed by atoms with Crippen LogP contribution < -0.4 is 9.44 Å². The highest BCUT2D eigenvalue weighted by atomic mass is 32.2. The van der Waals surface area contributed by atoms with Crippen molar-refractivity contribution in [2.75, 3.05) is 13.7 Å². The molecule has 0 aliphatic rings. The summed E-state index contributed by atoms with van der Waals surface area (Å²) in [4.78, 5) is 11.0. The van der Waals surface area contributed by atoms with Crippen molar-refractivity contribution in [3.8, 4) is 0 Å². The van der Waals surface area contributed by atoms with E-state index in [-0.39, 0.29) is 0 Å². The molecule has 0 heterocycles. The van der Waals surface area contributed by atoms with E-state index in [1.54, 1.807) is 20.8 Å². The molecule has 0 aromatic rings. The Hall–Kier alpha value is -0.700. The molecule has 0 amide bonds. The van der Waals surface area contributed by atoms with E-state index < -0.39 is 34.4 Å². The Balaban J connectivity index is 4.63. The van der Waals surface area contributed by atoms with Gasteiger partial charge < -0.3 is 9.84 Å². The Morgan fingerprint density at radius 2 is 1.94 bits per heavy atom. The van der Waals surface area contributed by atoms with Crippen LogP contribution in [0, 0.1) is 0 Å². The maximum absolute atomic E-state index is 11.5. The van der Waals surface area contributed by atoms with Gasteiger partial charge in [0.1, 0.15) is 6.04 Å². The van der Waals surface area contributed by atoms with Gasteiger partial charge in [-0.25, -0.2) is 0 Å². The molecule has 96 valence electrons. The third kappa shape index (κ3) is 6.01. The Labute approximate surface area is 95.4 Å². The van der Waals surface area contributed by atoms with Crippen LogP contribution in [-0.2, 0) is 19.7 Å². The monoisotopic (exact) mass is 254 g/mol. The molecule has 0 aromatic heterocycles. The third-order valence-electron chi connectivity index (χ3n) is 1.41. The third-order valence-corrected chi connectivity index (χ3v) is 2.88. The number of rotatable bonds is 5. The van der Waals surface area contributed by atoms with Crippen LogP contribution in [0.4, 0.5) is 0 Å². The molecular formula is C8H18N2O5S. The summed E-state index contributed by atoms with van der Waals surface area (Å²) in [5.41, 5.74) is -0.679. The van der Waals surface area contributed by atoms with Gasteiger partial charge in [0.2, 0.25) is 0 Å². The quantitative estimate of drug-likeness (QED) is 0.531. The Morgan fingerprint density at radius 3 is 2.25 bits per heavy atom. The number of carbonyl (C=O) groups excluding carboxylic acids is 1. The van der Waals surface area contributed by atoms with Crippen molar-refractivity contribution >= 4 is 16.2 Å². The van der Waals surface area contributed by atoms with Gasteiger partial charge in [0.25, 0.3) is 10.2 Å². The predicted molar refractivity (Wildman–Crippen MR) is 57.8 cm³/mol. The zero-order valence-electron chi connectivity index (χ0n) is 9.77. The van der Waals surface area contributed by atoms with E-state index >= 15 is 0 Å². The molecule has 0 saturated carbocycles. The molecule has 0 aliphatic heterocycles. The van der Waals surface area contributed by atoms with Crippen LogP contribution in [0.1, 0.15) is 20.8 Å². The normalized spacial score (nSPS) is 14.6. The highest BCUT2D eigenvalue weighted by molar-refractivity contribution is 7.87. The number of carbonyl (C=O) groups is 1. The first-order chi connectivity index (χ1) is 7.11. The number of methoxy groups -OCH3 is 1. The van der Waals surface area contributed by atoms with E-state index in [1.165, 1.54) is 0 Å². The SMILES string of the molecule is COC(=O)C(CO)NS(=O)(=O)NC(C)(C)C. The lowest BCUT2D eigenvalue weighted by atomic mass is 10.1. The molecule has 8 heteroatoms. The van der Waals surface area contributed by atoms with Gasteiger partial charge in [0.05, 0.1) is 13.7 Å². The van der Waals surface area contributed by atoms with Crippen LogP contribution in [0.15, 0.2) is 0 Å². The van der Waals surface area contributed by atoms with Crippen molar-refractivity contribution in [2.45, 2.75) is 32.4 Å². The second kappa shape index (κ2) is 5.58. The van der Waals surface area contributed by atoms with Crippen LogP contribution in [-0.4, -0.2) is 44.8 Å². The Bertz CT molecular complexity index is 333. The minimum absolute atomic E-state index is 0.669. The predicted octanol–water partition coefficient (Wildman–Crippen LogP) is -1.26. The number of esters is 1. The minimum atomic E-state index is -3.87. The average molecular weight is 254 g/mol. The fourth-order valence-electron chi connectivity index (χ4n) is 0.922. The lowest BCUT2D eigenvalue weighted by molar-refractivity contribution is -0.143. The van der Waals surface area contributed by atoms with E-state index in [0.717, 1.165) is 7.11 Å². The summed E-state index contributed by atoms with van der Waals surface area (Å²) < 4.78 is 31.6. The standard InChI is InChI=1S/C8H18N2O5S/c1-8(2,3)10-16(13,14)9-6(5-11)7(12)15-4/h6,9-11H,5H2,1-4H3. The zero-order chi connectivity index (χ0) is 13.0. The molecule has 0 spiro atoms. The second-order valence-corrected chi connectivity index (χ2v) is 5.68. The number of ether oxygens (including phenoxy) is 1.